The average molecular weight is 399 g/mol. The molecule has 0 fully saturated rings. The number of thiophene rings is 1. The van der Waals surface area contributed by atoms with Crippen molar-refractivity contribution in [2.75, 3.05) is 20.8 Å². The monoisotopic (exact) mass is 398 g/mol. The van der Waals surface area contributed by atoms with Crippen molar-refractivity contribution in [3.8, 4) is 11.5 Å². The van der Waals surface area contributed by atoms with E-state index in [0.717, 1.165) is 40.6 Å². The standard InChI is InChI=1S/C22H26N2O3S/c1-15-12-20(16(2)24(15)14-19-6-5-11-28-19)22(25)23-10-9-17-13-18(26-3)7-8-21(17)27-4/h5-8,11-13H,9-10,14H2,1-4H3,(H,23,25). The lowest BCUT2D eigenvalue weighted by atomic mass is 10.1. The van der Waals surface area contributed by atoms with Crippen molar-refractivity contribution in [1.29, 1.82) is 0 Å². The van der Waals surface area contributed by atoms with Crippen molar-refractivity contribution in [3.05, 3.63) is 69.2 Å². The van der Waals surface area contributed by atoms with E-state index in [2.05, 4.69) is 27.4 Å². The van der Waals surface area contributed by atoms with Gasteiger partial charge in [-0.3, -0.25) is 4.79 Å². The Labute approximate surface area is 169 Å². The summed E-state index contributed by atoms with van der Waals surface area (Å²) in [7, 11) is 3.28. The van der Waals surface area contributed by atoms with Crippen molar-refractivity contribution in [3.63, 3.8) is 0 Å². The largest absolute Gasteiger partial charge is 0.497 e. The highest BCUT2D eigenvalue weighted by Gasteiger charge is 2.16. The van der Waals surface area contributed by atoms with Crippen LogP contribution in [0.5, 0.6) is 11.5 Å². The van der Waals surface area contributed by atoms with Crippen LogP contribution in [0.15, 0.2) is 41.8 Å². The number of nitrogens with one attached hydrogen (secondary N) is 1. The number of amides is 1. The van der Waals surface area contributed by atoms with Gasteiger partial charge < -0.3 is 19.4 Å². The number of carbonyl (C=O) groups is 1. The summed E-state index contributed by atoms with van der Waals surface area (Å²) in [6.45, 7) is 5.36. The van der Waals surface area contributed by atoms with Crippen LogP contribution in [0.25, 0.3) is 0 Å². The fraction of sp³-hybridized carbons (Fsp3) is 0.318. The van der Waals surface area contributed by atoms with Gasteiger partial charge in [-0.1, -0.05) is 6.07 Å². The second-order valence-corrected chi connectivity index (χ2v) is 7.67. The van der Waals surface area contributed by atoms with Gasteiger partial charge in [-0.05, 0) is 61.5 Å². The second kappa shape index (κ2) is 8.97. The van der Waals surface area contributed by atoms with E-state index in [1.54, 1.807) is 25.6 Å². The Balaban J connectivity index is 1.66. The lowest BCUT2D eigenvalue weighted by molar-refractivity contribution is 0.0953. The minimum absolute atomic E-state index is 0.0487. The Kier molecular flexibility index (Phi) is 6.41. The number of ether oxygens (including phenoxy) is 2. The summed E-state index contributed by atoms with van der Waals surface area (Å²) < 4.78 is 12.9. The highest BCUT2D eigenvalue weighted by molar-refractivity contribution is 7.09. The molecule has 148 valence electrons. The van der Waals surface area contributed by atoms with Crippen LogP contribution in [0.4, 0.5) is 0 Å². The molecule has 0 aliphatic heterocycles. The number of nitrogens with zero attached hydrogens (tertiary/aromatic N) is 1. The fourth-order valence-electron chi connectivity index (χ4n) is 3.32. The highest BCUT2D eigenvalue weighted by atomic mass is 32.1. The maximum absolute atomic E-state index is 12.7. The molecule has 3 rings (SSSR count). The Morgan fingerprint density at radius 1 is 1.14 bits per heavy atom. The minimum atomic E-state index is -0.0487. The second-order valence-electron chi connectivity index (χ2n) is 6.63. The quantitative estimate of drug-likeness (QED) is 0.619. The Morgan fingerprint density at radius 2 is 1.96 bits per heavy atom. The molecule has 0 atom stereocenters. The average Bonchev–Trinajstić information content (AvgIpc) is 3.31. The molecule has 1 amide bonds. The minimum Gasteiger partial charge on any atom is -0.497 e. The molecule has 1 N–H and O–H groups in total. The summed E-state index contributed by atoms with van der Waals surface area (Å²) in [6.07, 6.45) is 0.667. The number of hydrogen-bond donors (Lipinski definition) is 1. The third kappa shape index (κ3) is 4.39. The van der Waals surface area contributed by atoms with Crippen LogP contribution in [-0.2, 0) is 13.0 Å². The Bertz CT molecular complexity index is 945. The molecule has 1 aromatic carbocycles. The molecule has 2 heterocycles. The van der Waals surface area contributed by atoms with Gasteiger partial charge in [-0.25, -0.2) is 0 Å². The van der Waals surface area contributed by atoms with E-state index in [-0.39, 0.29) is 5.91 Å². The number of aryl methyl sites for hydroxylation is 1. The molecule has 0 aliphatic rings. The summed E-state index contributed by atoms with van der Waals surface area (Å²) in [5.41, 5.74) is 3.81. The molecule has 0 spiro atoms. The smallest absolute Gasteiger partial charge is 0.253 e. The maximum atomic E-state index is 12.7. The first-order valence-corrected chi connectivity index (χ1v) is 10.1. The van der Waals surface area contributed by atoms with Crippen LogP contribution >= 0.6 is 11.3 Å². The maximum Gasteiger partial charge on any atom is 0.253 e. The summed E-state index contributed by atoms with van der Waals surface area (Å²) in [6, 6.07) is 11.8. The highest BCUT2D eigenvalue weighted by Crippen LogP contribution is 2.24. The summed E-state index contributed by atoms with van der Waals surface area (Å²) in [5, 5.41) is 5.10. The van der Waals surface area contributed by atoms with Crippen LogP contribution in [-0.4, -0.2) is 31.2 Å². The molecule has 0 bridgehead atoms. The molecule has 3 aromatic rings. The number of aromatic nitrogens is 1. The zero-order chi connectivity index (χ0) is 20.1. The number of methoxy groups -OCH3 is 2. The van der Waals surface area contributed by atoms with Crippen LogP contribution in [0, 0.1) is 13.8 Å². The predicted octanol–water partition coefficient (Wildman–Crippen LogP) is 4.20. The van der Waals surface area contributed by atoms with Gasteiger partial charge in [0.2, 0.25) is 0 Å². The number of carbonyl (C=O) groups excluding carboxylic acids is 1. The first-order valence-electron chi connectivity index (χ1n) is 9.21. The van der Waals surface area contributed by atoms with Gasteiger partial charge in [-0.15, -0.1) is 11.3 Å². The van der Waals surface area contributed by atoms with Crippen molar-refractivity contribution in [1.82, 2.24) is 9.88 Å². The summed E-state index contributed by atoms with van der Waals surface area (Å²) >= 11 is 1.73. The molecule has 0 radical (unpaired) electrons. The van der Waals surface area contributed by atoms with Gasteiger partial charge in [0.25, 0.3) is 5.91 Å². The van der Waals surface area contributed by atoms with Crippen LogP contribution < -0.4 is 14.8 Å². The zero-order valence-corrected chi connectivity index (χ0v) is 17.6. The van der Waals surface area contributed by atoms with E-state index >= 15 is 0 Å². The third-order valence-electron chi connectivity index (χ3n) is 4.88. The number of hydrogen-bond acceptors (Lipinski definition) is 4. The van der Waals surface area contributed by atoms with E-state index < -0.39 is 0 Å². The van der Waals surface area contributed by atoms with Gasteiger partial charge in [0.15, 0.2) is 0 Å². The molecule has 28 heavy (non-hydrogen) atoms. The fourth-order valence-corrected chi connectivity index (χ4v) is 4.01. The Morgan fingerprint density at radius 3 is 2.64 bits per heavy atom. The van der Waals surface area contributed by atoms with Gasteiger partial charge in [0.05, 0.1) is 26.3 Å². The number of benzene rings is 1. The molecule has 5 nitrogen and oxygen atoms in total. The van der Waals surface area contributed by atoms with E-state index in [9.17, 15) is 4.79 Å². The third-order valence-corrected chi connectivity index (χ3v) is 5.74. The normalized spacial score (nSPS) is 10.7. The van der Waals surface area contributed by atoms with Gasteiger partial charge >= 0.3 is 0 Å². The van der Waals surface area contributed by atoms with E-state index in [4.69, 9.17) is 9.47 Å². The molecule has 0 aliphatic carbocycles. The summed E-state index contributed by atoms with van der Waals surface area (Å²) in [4.78, 5) is 14.0. The van der Waals surface area contributed by atoms with E-state index in [1.165, 1.54) is 4.88 Å². The molecule has 0 unspecified atom stereocenters. The van der Waals surface area contributed by atoms with E-state index in [1.807, 2.05) is 38.1 Å². The van der Waals surface area contributed by atoms with Gasteiger partial charge in [0, 0.05) is 22.8 Å². The first kappa shape index (κ1) is 20.0. The lowest BCUT2D eigenvalue weighted by Crippen LogP contribution is -2.26. The van der Waals surface area contributed by atoms with Gasteiger partial charge in [0.1, 0.15) is 11.5 Å². The van der Waals surface area contributed by atoms with Crippen molar-refractivity contribution in [2.45, 2.75) is 26.8 Å². The van der Waals surface area contributed by atoms with Crippen LogP contribution in [0.2, 0.25) is 0 Å². The van der Waals surface area contributed by atoms with Gasteiger partial charge in [-0.2, -0.15) is 0 Å². The number of rotatable bonds is 8. The first-order chi connectivity index (χ1) is 13.5. The van der Waals surface area contributed by atoms with Crippen molar-refractivity contribution in [2.24, 2.45) is 0 Å². The molecule has 0 saturated heterocycles. The lowest BCUT2D eigenvalue weighted by Gasteiger charge is -2.11. The SMILES string of the molecule is COc1ccc(OC)c(CCNC(=O)c2cc(C)n(Cc3cccs3)c2C)c1. The predicted molar refractivity (Wildman–Crippen MR) is 113 cm³/mol. The van der Waals surface area contributed by atoms with E-state index in [0.29, 0.717) is 13.0 Å². The zero-order valence-electron chi connectivity index (χ0n) is 16.7. The molecule has 6 heteroatoms. The molecule has 0 saturated carbocycles. The van der Waals surface area contributed by atoms with Crippen LogP contribution in [0.3, 0.4) is 0 Å². The summed E-state index contributed by atoms with van der Waals surface area (Å²) in [5.74, 6) is 1.52. The van der Waals surface area contributed by atoms with Crippen LogP contribution in [0.1, 0.15) is 32.2 Å². The molecular weight excluding hydrogens is 372 g/mol. The van der Waals surface area contributed by atoms with Crippen molar-refractivity contribution < 1.29 is 14.3 Å². The molecule has 2 aromatic heterocycles. The Hall–Kier alpha value is -2.73. The van der Waals surface area contributed by atoms with Crippen molar-refractivity contribution >= 4 is 17.2 Å². The molecular formula is C22H26N2O3S. The topological polar surface area (TPSA) is 52.5 Å².